The zero-order valence-electron chi connectivity index (χ0n) is 34.4. The molecule has 2 saturated heterocycles. The molecule has 328 valence electrons. The fourth-order valence-electron chi connectivity index (χ4n) is 9.23. The molecule has 18 nitrogen and oxygen atoms in total. The monoisotopic (exact) mass is 842 g/mol. The second-order valence-electron chi connectivity index (χ2n) is 16.5. The van der Waals surface area contributed by atoms with Gasteiger partial charge in [-0.3, -0.25) is 14.4 Å². The lowest BCUT2D eigenvalue weighted by Crippen LogP contribution is -2.57. The molecule has 0 bridgehead atoms. The maximum Gasteiger partial charge on any atom is 0.316 e. The molecule has 0 spiro atoms. The van der Waals surface area contributed by atoms with Gasteiger partial charge in [0.15, 0.2) is 24.7 Å². The van der Waals surface area contributed by atoms with Gasteiger partial charge < -0.3 is 74.4 Å². The highest BCUT2D eigenvalue weighted by atomic mass is 16.7. The van der Waals surface area contributed by atoms with Crippen molar-refractivity contribution in [1.82, 2.24) is 4.90 Å². The van der Waals surface area contributed by atoms with E-state index in [1.807, 2.05) is 19.0 Å². The van der Waals surface area contributed by atoms with Crippen LogP contribution in [0.4, 0.5) is 0 Å². The van der Waals surface area contributed by atoms with Crippen LogP contribution in [-0.2, 0) is 38.0 Å². The standard InChI is InChI=1S/C42H54N2O16/c1-8-42(53)15-25(29-30(33(42)40(52)54-7)38(51)31-32(37(29)50)36(49)28-19(35(31)48)10-9-11-22(28)45)59-41-20(43)12-24(16(2)57-41)58-27-14-23(46)39(18(4)56-27)60-26-13-21(44(5)6)34(47)17(3)55-26/h9-12,16-18,21,23-27,33-34,39,41,45-47,50-51,53H,8,13-15,43H2,1-7H3/t16-,17-,18-,21-,23-,24-,25-,26-,27-,33?,34+,39+,41+,42+/m0/s1. The maximum atomic E-state index is 13.9. The van der Waals surface area contributed by atoms with Gasteiger partial charge in [-0.25, -0.2) is 0 Å². The highest BCUT2D eigenvalue weighted by Gasteiger charge is 2.55. The molecule has 2 fully saturated rings. The molecule has 1 unspecified atom stereocenters. The van der Waals surface area contributed by atoms with E-state index >= 15 is 0 Å². The van der Waals surface area contributed by atoms with Crippen molar-refractivity contribution in [3.05, 3.63) is 63.4 Å². The third-order valence-corrected chi connectivity index (χ3v) is 12.5. The van der Waals surface area contributed by atoms with Gasteiger partial charge in [-0.05, 0) is 53.4 Å². The molecule has 0 aromatic heterocycles. The Morgan fingerprint density at radius 2 is 1.53 bits per heavy atom. The molecule has 3 aliphatic heterocycles. The van der Waals surface area contributed by atoms with Crippen molar-refractivity contribution in [2.24, 2.45) is 5.73 Å². The van der Waals surface area contributed by atoms with E-state index in [0.29, 0.717) is 6.42 Å². The SMILES string of the molecule is CC[C@@]1(O)C[C@H](O[C@H]2O[C@@H](C)[C@@H](O[C@H]3C[C@H](O)[C@H](O[C@H]4C[C@H](N(C)C)[C@H](O)[C@H](C)O4)[C@H](C)O3)C=C2N)c2c(O)c3c(c(O)c2C1C(=O)OC)C(=O)c1cccc(O)c1C3=O. The van der Waals surface area contributed by atoms with Gasteiger partial charge >= 0.3 is 5.97 Å². The van der Waals surface area contributed by atoms with Crippen molar-refractivity contribution in [3.63, 3.8) is 0 Å². The molecule has 5 aliphatic rings. The number of methoxy groups -OCH3 is 1. The summed E-state index contributed by atoms with van der Waals surface area (Å²) in [5.41, 5.74) is 2.05. The lowest BCUT2D eigenvalue weighted by Gasteiger charge is -2.45. The Morgan fingerprint density at radius 1 is 0.883 bits per heavy atom. The summed E-state index contributed by atoms with van der Waals surface area (Å²) in [5.74, 6) is -6.66. The number of hydrogen-bond acceptors (Lipinski definition) is 18. The Hall–Kier alpha value is -4.21. The fraction of sp³-hybridized carbons (Fsp3) is 0.595. The third kappa shape index (κ3) is 7.46. The van der Waals surface area contributed by atoms with E-state index in [1.54, 1.807) is 27.7 Å². The predicted molar refractivity (Wildman–Crippen MR) is 207 cm³/mol. The van der Waals surface area contributed by atoms with Gasteiger partial charge in [-0.15, -0.1) is 0 Å². The van der Waals surface area contributed by atoms with E-state index in [1.165, 1.54) is 24.3 Å². The molecule has 8 N–H and O–H groups in total. The second-order valence-corrected chi connectivity index (χ2v) is 16.5. The summed E-state index contributed by atoms with van der Waals surface area (Å²) in [4.78, 5) is 43.0. The quantitative estimate of drug-likeness (QED) is 0.119. The van der Waals surface area contributed by atoms with Crippen molar-refractivity contribution in [2.45, 2.75) is 139 Å². The molecular weight excluding hydrogens is 788 g/mol. The number of ketones is 2. The van der Waals surface area contributed by atoms with Gasteiger partial charge in [-0.2, -0.15) is 0 Å². The summed E-state index contributed by atoms with van der Waals surface area (Å²) in [6.07, 6.45) is -8.05. The minimum atomic E-state index is -1.97. The van der Waals surface area contributed by atoms with Crippen LogP contribution in [0.15, 0.2) is 30.0 Å². The van der Waals surface area contributed by atoms with Crippen molar-refractivity contribution >= 4 is 17.5 Å². The highest BCUT2D eigenvalue weighted by Crippen LogP contribution is 2.57. The van der Waals surface area contributed by atoms with Gasteiger partial charge in [0.05, 0.1) is 71.7 Å². The number of likely N-dealkylation sites (N-methyl/N-ethyl adjacent to an activating group) is 1. The number of nitrogens with zero attached hydrogens (tertiary/aromatic N) is 1. The van der Waals surface area contributed by atoms with E-state index in [4.69, 9.17) is 38.9 Å². The number of phenolic OH excluding ortho intramolecular Hbond substituents is 3. The number of nitrogens with two attached hydrogens (primary N) is 1. The summed E-state index contributed by atoms with van der Waals surface area (Å²) in [7, 11) is 4.81. The number of esters is 1. The fourth-order valence-corrected chi connectivity index (χ4v) is 9.23. The molecular formula is C42H54N2O16. The first kappa shape index (κ1) is 43.9. The van der Waals surface area contributed by atoms with Gasteiger partial charge in [-0.1, -0.05) is 19.1 Å². The van der Waals surface area contributed by atoms with E-state index in [2.05, 4.69) is 0 Å². The third-order valence-electron chi connectivity index (χ3n) is 12.5. The summed E-state index contributed by atoms with van der Waals surface area (Å²) >= 11 is 0. The minimum Gasteiger partial charge on any atom is -0.507 e. The van der Waals surface area contributed by atoms with Crippen LogP contribution in [-0.4, -0.2) is 148 Å². The lowest BCUT2D eigenvalue weighted by atomic mass is 9.66. The van der Waals surface area contributed by atoms with E-state index < -0.39 is 125 Å². The van der Waals surface area contributed by atoms with Gasteiger partial charge in [0, 0.05) is 42.0 Å². The summed E-state index contributed by atoms with van der Waals surface area (Å²) in [6, 6.07) is 3.62. The first-order valence-corrected chi connectivity index (χ1v) is 20.1. The van der Waals surface area contributed by atoms with Crippen LogP contribution >= 0.6 is 0 Å². The number of aromatic hydroxyl groups is 3. The Kier molecular flexibility index (Phi) is 12.1. The number of fused-ring (bicyclic) bond motifs is 3. The minimum absolute atomic E-state index is 0.00775. The van der Waals surface area contributed by atoms with Crippen LogP contribution < -0.4 is 5.73 Å². The summed E-state index contributed by atoms with van der Waals surface area (Å²) in [5, 5.41) is 68.2. The topological polar surface area (TPSA) is 266 Å². The van der Waals surface area contributed by atoms with Crippen molar-refractivity contribution in [3.8, 4) is 17.2 Å². The first-order valence-electron chi connectivity index (χ1n) is 20.1. The number of rotatable bonds is 9. The van der Waals surface area contributed by atoms with Crippen LogP contribution in [0, 0.1) is 0 Å². The van der Waals surface area contributed by atoms with Crippen LogP contribution in [0.5, 0.6) is 17.2 Å². The zero-order valence-corrected chi connectivity index (χ0v) is 34.4. The van der Waals surface area contributed by atoms with E-state index in [0.717, 1.165) is 7.11 Å². The highest BCUT2D eigenvalue weighted by molar-refractivity contribution is 6.31. The average Bonchev–Trinajstić information content (AvgIpc) is 3.19. The second kappa shape index (κ2) is 16.6. The van der Waals surface area contributed by atoms with Crippen molar-refractivity contribution < 1.29 is 78.2 Å². The molecule has 14 atom stereocenters. The Morgan fingerprint density at radius 3 is 2.18 bits per heavy atom. The molecule has 60 heavy (non-hydrogen) atoms. The number of carbonyl (C=O) groups is 3. The number of phenols is 3. The smallest absolute Gasteiger partial charge is 0.316 e. The molecule has 7 rings (SSSR count). The van der Waals surface area contributed by atoms with Crippen molar-refractivity contribution in [2.75, 3.05) is 21.2 Å². The summed E-state index contributed by atoms with van der Waals surface area (Å²) in [6.45, 7) is 6.76. The molecule has 2 aliphatic carbocycles. The summed E-state index contributed by atoms with van der Waals surface area (Å²) < 4.78 is 42.0. The lowest BCUT2D eigenvalue weighted by molar-refractivity contribution is -0.316. The largest absolute Gasteiger partial charge is 0.507 e. The molecule has 0 saturated carbocycles. The molecule has 18 heteroatoms. The number of ether oxygens (including phenoxy) is 7. The number of aliphatic hydroxyl groups is 3. The molecule has 2 aromatic carbocycles. The van der Waals surface area contributed by atoms with Crippen LogP contribution in [0.1, 0.15) is 108 Å². The average molecular weight is 843 g/mol. The normalized spacial score (nSPS) is 36.6. The van der Waals surface area contributed by atoms with Crippen LogP contribution in [0.3, 0.4) is 0 Å². The van der Waals surface area contributed by atoms with Crippen LogP contribution in [0.2, 0.25) is 0 Å². The number of carbonyl (C=O) groups excluding carboxylic acids is 3. The number of aliphatic hydroxyl groups excluding tert-OH is 2. The van der Waals surface area contributed by atoms with E-state index in [9.17, 15) is 45.0 Å². The Balaban J connectivity index is 1.13. The molecule has 3 heterocycles. The predicted octanol–water partition coefficient (Wildman–Crippen LogP) is 1.72. The number of hydrogen-bond donors (Lipinski definition) is 7. The molecule has 0 radical (unpaired) electrons. The first-order chi connectivity index (χ1) is 28.3. The number of benzene rings is 2. The maximum absolute atomic E-state index is 13.9. The van der Waals surface area contributed by atoms with Gasteiger partial charge in [0.1, 0.15) is 35.4 Å². The van der Waals surface area contributed by atoms with Crippen molar-refractivity contribution in [1.29, 1.82) is 0 Å². The molecule has 0 amide bonds. The van der Waals surface area contributed by atoms with Gasteiger partial charge in [0.25, 0.3) is 0 Å². The Labute approximate surface area is 346 Å². The van der Waals surface area contributed by atoms with Crippen LogP contribution in [0.25, 0.3) is 0 Å². The zero-order chi connectivity index (χ0) is 43.7. The van der Waals surface area contributed by atoms with E-state index in [-0.39, 0.29) is 53.3 Å². The van der Waals surface area contributed by atoms with Gasteiger partial charge in [0.2, 0.25) is 5.78 Å². The molecule has 2 aromatic rings. The Bertz CT molecular complexity index is 2050.